The molecule has 0 aromatic heterocycles. The Bertz CT molecular complexity index is 490. The van der Waals surface area contributed by atoms with Gasteiger partial charge in [0.05, 0.1) is 12.3 Å². The Morgan fingerprint density at radius 2 is 1.94 bits per heavy atom. The van der Waals surface area contributed by atoms with Crippen LogP contribution in [-0.4, -0.2) is 20.3 Å². The van der Waals surface area contributed by atoms with Gasteiger partial charge in [-0.05, 0) is 12.5 Å². The van der Waals surface area contributed by atoms with Crippen molar-refractivity contribution in [2.75, 3.05) is 6.26 Å². The van der Waals surface area contributed by atoms with Crippen molar-refractivity contribution in [3.63, 3.8) is 0 Å². The quantitative estimate of drug-likeness (QED) is 0.746. The van der Waals surface area contributed by atoms with E-state index in [1.807, 2.05) is 36.4 Å². The second-order valence-electron chi connectivity index (χ2n) is 3.79. The summed E-state index contributed by atoms with van der Waals surface area (Å²) < 4.78 is 26.8. The predicted molar refractivity (Wildman–Crippen MR) is 60.1 cm³/mol. The zero-order chi connectivity index (χ0) is 12.2. The third-order valence-corrected chi connectivity index (χ3v) is 2.63. The molecule has 0 amide bonds. The van der Waals surface area contributed by atoms with E-state index in [2.05, 4.69) is 0 Å². The molecule has 0 spiro atoms. The van der Waals surface area contributed by atoms with Gasteiger partial charge in [0.2, 0.25) is 0 Å². The summed E-state index contributed by atoms with van der Waals surface area (Å²) in [6, 6.07) is 11.0. The molecule has 0 N–H and O–H groups in total. The smallest absolute Gasteiger partial charge is 0.248 e. The minimum atomic E-state index is -3.64. The van der Waals surface area contributed by atoms with Crippen molar-refractivity contribution in [3.8, 4) is 6.07 Å². The zero-order valence-electron chi connectivity index (χ0n) is 9.17. The third-order valence-electron chi connectivity index (χ3n) is 1.96. The maximum absolute atomic E-state index is 11.0. The molecule has 0 heterocycles. The monoisotopic (exact) mass is 239 g/mol. The molecule has 4 nitrogen and oxygen atoms in total. The Morgan fingerprint density at radius 3 is 2.38 bits per heavy atom. The SMILES string of the molecule is CC(C#N)(Cc1ccccc1)OS(C)(=O)=O. The van der Waals surface area contributed by atoms with Crippen LogP contribution in [0, 0.1) is 11.3 Å². The van der Waals surface area contributed by atoms with Crippen LogP contribution in [0.1, 0.15) is 12.5 Å². The van der Waals surface area contributed by atoms with E-state index in [1.54, 1.807) is 0 Å². The van der Waals surface area contributed by atoms with Crippen molar-refractivity contribution in [2.45, 2.75) is 18.9 Å². The first kappa shape index (κ1) is 12.7. The number of nitrogens with zero attached hydrogens (tertiary/aromatic N) is 1. The largest absolute Gasteiger partial charge is 0.265 e. The fraction of sp³-hybridized carbons (Fsp3) is 0.364. The molecular formula is C11H13NO3S. The van der Waals surface area contributed by atoms with Crippen LogP contribution in [0.4, 0.5) is 0 Å². The highest BCUT2D eigenvalue weighted by Crippen LogP contribution is 2.18. The van der Waals surface area contributed by atoms with Crippen molar-refractivity contribution in [1.82, 2.24) is 0 Å². The summed E-state index contributed by atoms with van der Waals surface area (Å²) >= 11 is 0. The van der Waals surface area contributed by atoms with E-state index < -0.39 is 15.7 Å². The number of hydrogen-bond donors (Lipinski definition) is 0. The molecule has 0 saturated carbocycles. The summed E-state index contributed by atoms with van der Waals surface area (Å²) in [7, 11) is -3.64. The summed E-state index contributed by atoms with van der Waals surface area (Å²) in [5.41, 5.74) is -0.496. The second-order valence-corrected chi connectivity index (χ2v) is 5.37. The van der Waals surface area contributed by atoms with Gasteiger partial charge in [-0.15, -0.1) is 0 Å². The zero-order valence-corrected chi connectivity index (χ0v) is 9.99. The topological polar surface area (TPSA) is 67.2 Å². The first-order valence-electron chi connectivity index (χ1n) is 4.70. The third kappa shape index (κ3) is 4.01. The molecule has 0 fully saturated rings. The second kappa shape index (κ2) is 4.64. The van der Waals surface area contributed by atoms with Crippen molar-refractivity contribution >= 4 is 10.1 Å². The van der Waals surface area contributed by atoms with Crippen molar-refractivity contribution in [2.24, 2.45) is 0 Å². The van der Waals surface area contributed by atoms with Gasteiger partial charge in [-0.3, -0.25) is 0 Å². The molecule has 1 unspecified atom stereocenters. The van der Waals surface area contributed by atoms with Gasteiger partial charge in [-0.25, -0.2) is 4.18 Å². The lowest BCUT2D eigenvalue weighted by molar-refractivity contribution is 0.159. The van der Waals surface area contributed by atoms with E-state index in [0.29, 0.717) is 0 Å². The predicted octanol–water partition coefficient (Wildman–Crippen LogP) is 1.49. The first-order chi connectivity index (χ1) is 7.35. The number of hydrogen-bond acceptors (Lipinski definition) is 4. The van der Waals surface area contributed by atoms with Crippen LogP contribution >= 0.6 is 0 Å². The minimum Gasteiger partial charge on any atom is -0.248 e. The van der Waals surface area contributed by atoms with E-state index >= 15 is 0 Å². The highest BCUT2D eigenvalue weighted by molar-refractivity contribution is 7.86. The molecule has 1 atom stereocenters. The van der Waals surface area contributed by atoms with Crippen LogP contribution in [-0.2, 0) is 20.7 Å². The summed E-state index contributed by atoms with van der Waals surface area (Å²) in [6.07, 6.45) is 1.17. The molecule has 5 heteroatoms. The van der Waals surface area contributed by atoms with E-state index in [0.717, 1.165) is 11.8 Å². The summed E-state index contributed by atoms with van der Waals surface area (Å²) in [5, 5.41) is 8.97. The lowest BCUT2D eigenvalue weighted by Crippen LogP contribution is -2.32. The average molecular weight is 239 g/mol. The molecule has 0 aliphatic carbocycles. The highest BCUT2D eigenvalue weighted by atomic mass is 32.2. The Kier molecular flexibility index (Phi) is 3.68. The number of rotatable bonds is 4. The van der Waals surface area contributed by atoms with E-state index in [4.69, 9.17) is 9.44 Å². The van der Waals surface area contributed by atoms with E-state index in [9.17, 15) is 8.42 Å². The molecule has 0 saturated heterocycles. The molecule has 1 rings (SSSR count). The van der Waals surface area contributed by atoms with Crippen molar-refractivity contribution < 1.29 is 12.6 Å². The number of benzene rings is 1. The van der Waals surface area contributed by atoms with Crippen LogP contribution in [0.15, 0.2) is 30.3 Å². The van der Waals surface area contributed by atoms with Gasteiger partial charge in [0.1, 0.15) is 0 Å². The lowest BCUT2D eigenvalue weighted by Gasteiger charge is -2.20. The van der Waals surface area contributed by atoms with E-state index in [-0.39, 0.29) is 6.42 Å². The normalized spacial score (nSPS) is 15.1. The fourth-order valence-electron chi connectivity index (χ4n) is 1.41. The summed E-state index contributed by atoms with van der Waals surface area (Å²) in [6.45, 7) is 1.46. The van der Waals surface area contributed by atoms with Gasteiger partial charge in [-0.2, -0.15) is 13.7 Å². The first-order valence-corrected chi connectivity index (χ1v) is 6.52. The highest BCUT2D eigenvalue weighted by Gasteiger charge is 2.29. The van der Waals surface area contributed by atoms with Crippen LogP contribution in [0.3, 0.4) is 0 Å². The maximum atomic E-state index is 11.0. The average Bonchev–Trinajstić information content (AvgIpc) is 2.16. The molecule has 86 valence electrons. The molecule has 0 aliphatic heterocycles. The van der Waals surface area contributed by atoms with Crippen LogP contribution < -0.4 is 0 Å². The maximum Gasteiger partial charge on any atom is 0.265 e. The van der Waals surface area contributed by atoms with Gasteiger partial charge in [0.25, 0.3) is 10.1 Å². The molecule has 16 heavy (non-hydrogen) atoms. The molecular weight excluding hydrogens is 226 g/mol. The molecule has 1 aromatic rings. The van der Waals surface area contributed by atoms with Gasteiger partial charge in [0, 0.05) is 6.42 Å². The van der Waals surface area contributed by atoms with E-state index in [1.165, 1.54) is 6.92 Å². The Hall–Kier alpha value is -1.38. The van der Waals surface area contributed by atoms with Crippen LogP contribution in [0.25, 0.3) is 0 Å². The van der Waals surface area contributed by atoms with Gasteiger partial charge in [-0.1, -0.05) is 30.3 Å². The van der Waals surface area contributed by atoms with Crippen molar-refractivity contribution in [1.29, 1.82) is 5.26 Å². The summed E-state index contributed by atoms with van der Waals surface area (Å²) in [4.78, 5) is 0. The van der Waals surface area contributed by atoms with Crippen molar-refractivity contribution in [3.05, 3.63) is 35.9 Å². The summed E-state index contributed by atoms with van der Waals surface area (Å²) in [5.74, 6) is 0. The Balaban J connectivity index is 2.88. The number of nitriles is 1. The van der Waals surface area contributed by atoms with Gasteiger partial charge < -0.3 is 0 Å². The Labute approximate surface area is 95.6 Å². The van der Waals surface area contributed by atoms with Crippen LogP contribution in [0.5, 0.6) is 0 Å². The van der Waals surface area contributed by atoms with Gasteiger partial charge >= 0.3 is 0 Å². The Morgan fingerprint density at radius 1 is 1.38 bits per heavy atom. The van der Waals surface area contributed by atoms with Crippen LogP contribution in [0.2, 0.25) is 0 Å². The molecule has 0 aliphatic rings. The minimum absolute atomic E-state index is 0.234. The molecule has 1 aromatic carbocycles. The lowest BCUT2D eigenvalue weighted by atomic mass is 9.98. The molecule has 0 bridgehead atoms. The van der Waals surface area contributed by atoms with Gasteiger partial charge in [0.15, 0.2) is 5.60 Å². The molecule has 0 radical (unpaired) electrons. The standard InChI is InChI=1S/C11H13NO3S/c1-11(9-12,15-16(2,13)14)8-10-6-4-3-5-7-10/h3-7H,8H2,1-2H3. The fourth-order valence-corrected chi connectivity index (χ4v) is 2.17.